The Balaban J connectivity index is 1.65. The van der Waals surface area contributed by atoms with Crippen LogP contribution in [-0.4, -0.2) is 37.5 Å². The fraction of sp³-hybridized carbons (Fsp3) is 0.150. The lowest BCUT2D eigenvalue weighted by molar-refractivity contribution is 0.0945. The highest BCUT2D eigenvalue weighted by molar-refractivity contribution is 6.31. The predicted octanol–water partition coefficient (Wildman–Crippen LogP) is 2.03. The molecule has 0 aliphatic rings. The summed E-state index contributed by atoms with van der Waals surface area (Å²) in [7, 11) is 1.60. The average Bonchev–Trinajstić information content (AvgIpc) is 3.11. The van der Waals surface area contributed by atoms with E-state index in [1.165, 1.54) is 0 Å². The molecule has 5 N–H and O–H groups in total. The summed E-state index contributed by atoms with van der Waals surface area (Å²) in [5, 5.41) is 2.68. The molecule has 3 heterocycles. The van der Waals surface area contributed by atoms with Crippen LogP contribution in [-0.2, 0) is 13.1 Å². The van der Waals surface area contributed by atoms with Crippen LogP contribution in [0.4, 0.5) is 11.6 Å². The van der Waals surface area contributed by atoms with E-state index in [4.69, 9.17) is 27.8 Å². The Morgan fingerprint density at radius 3 is 2.77 bits per heavy atom. The molecule has 3 aromatic heterocycles. The van der Waals surface area contributed by atoms with Crippen molar-refractivity contribution in [1.29, 1.82) is 0 Å². The first-order chi connectivity index (χ1) is 15.0. The van der Waals surface area contributed by atoms with E-state index in [-0.39, 0.29) is 29.0 Å². The van der Waals surface area contributed by atoms with Gasteiger partial charge in [0.15, 0.2) is 22.5 Å². The topological polar surface area (TPSA) is 147 Å². The summed E-state index contributed by atoms with van der Waals surface area (Å²) < 4.78 is 7.30. The first kappa shape index (κ1) is 20.4. The zero-order chi connectivity index (χ0) is 22.0. The van der Waals surface area contributed by atoms with Gasteiger partial charge in [0.05, 0.1) is 31.2 Å². The third kappa shape index (κ3) is 4.19. The number of nitrogen functional groups attached to an aromatic ring is 2. The molecular weight excluding hydrogens is 420 g/mol. The van der Waals surface area contributed by atoms with Gasteiger partial charge >= 0.3 is 0 Å². The predicted molar refractivity (Wildman–Crippen MR) is 117 cm³/mol. The van der Waals surface area contributed by atoms with E-state index in [0.717, 1.165) is 16.6 Å². The van der Waals surface area contributed by atoms with Gasteiger partial charge in [-0.3, -0.25) is 9.78 Å². The minimum absolute atomic E-state index is 0.0390. The number of hydrogen-bond acceptors (Lipinski definition) is 8. The lowest BCUT2D eigenvalue weighted by atomic mass is 10.2. The summed E-state index contributed by atoms with van der Waals surface area (Å²) in [6, 6.07) is 9.46. The number of nitrogens with zero attached hydrogens (tertiary/aromatic N) is 5. The summed E-state index contributed by atoms with van der Waals surface area (Å²) in [4.78, 5) is 29.2. The Morgan fingerprint density at radius 2 is 2.03 bits per heavy atom. The number of ether oxygens (including phenoxy) is 1. The maximum atomic E-state index is 12.6. The molecule has 0 radical (unpaired) electrons. The third-order valence-electron chi connectivity index (χ3n) is 4.62. The van der Waals surface area contributed by atoms with E-state index in [9.17, 15) is 4.79 Å². The third-order valence-corrected chi connectivity index (χ3v) is 4.90. The van der Waals surface area contributed by atoms with Gasteiger partial charge in [-0.25, -0.2) is 15.0 Å². The maximum absolute atomic E-state index is 12.6. The molecule has 0 atom stereocenters. The van der Waals surface area contributed by atoms with Crippen LogP contribution in [0.3, 0.4) is 0 Å². The van der Waals surface area contributed by atoms with Crippen molar-refractivity contribution < 1.29 is 9.53 Å². The van der Waals surface area contributed by atoms with Crippen LogP contribution in [0.15, 0.2) is 42.7 Å². The largest absolute Gasteiger partial charge is 0.497 e. The fourth-order valence-electron chi connectivity index (χ4n) is 3.12. The molecule has 0 aliphatic heterocycles. The van der Waals surface area contributed by atoms with E-state index in [1.807, 2.05) is 34.9 Å². The molecular formula is C20H19ClN8O2. The Bertz CT molecular complexity index is 1260. The lowest BCUT2D eigenvalue weighted by Crippen LogP contribution is -2.27. The van der Waals surface area contributed by atoms with Crippen molar-refractivity contribution in [3.8, 4) is 5.75 Å². The number of imidazole rings is 1. The number of nitrogens with one attached hydrogen (secondary N) is 1. The van der Waals surface area contributed by atoms with Gasteiger partial charge in [-0.1, -0.05) is 17.7 Å². The van der Waals surface area contributed by atoms with Gasteiger partial charge < -0.3 is 26.1 Å². The van der Waals surface area contributed by atoms with E-state index < -0.39 is 5.91 Å². The van der Waals surface area contributed by atoms with Crippen molar-refractivity contribution in [2.45, 2.75) is 13.1 Å². The van der Waals surface area contributed by atoms with Crippen LogP contribution >= 0.6 is 11.6 Å². The second kappa shape index (κ2) is 8.44. The van der Waals surface area contributed by atoms with Crippen molar-refractivity contribution in [3.05, 3.63) is 65.0 Å². The summed E-state index contributed by atoms with van der Waals surface area (Å²) in [5.41, 5.74) is 13.9. The SMILES string of the molecule is COc1ccc2c(c1)nc(CNC(=O)c1nc(Cl)c(N)nc1N)n2Cc1cccnc1. The smallest absolute Gasteiger partial charge is 0.274 e. The molecule has 1 amide bonds. The first-order valence-corrected chi connectivity index (χ1v) is 9.62. The van der Waals surface area contributed by atoms with Crippen LogP contribution in [0.25, 0.3) is 11.0 Å². The van der Waals surface area contributed by atoms with Crippen LogP contribution in [0, 0.1) is 0 Å². The van der Waals surface area contributed by atoms with Crippen molar-refractivity contribution in [3.63, 3.8) is 0 Å². The summed E-state index contributed by atoms with van der Waals surface area (Å²) in [6.07, 6.45) is 3.50. The summed E-state index contributed by atoms with van der Waals surface area (Å²) in [5.74, 6) is 0.641. The molecule has 0 fully saturated rings. The number of anilines is 2. The molecule has 4 aromatic rings. The zero-order valence-corrected chi connectivity index (χ0v) is 17.3. The number of methoxy groups -OCH3 is 1. The molecule has 158 valence electrons. The second-order valence-electron chi connectivity index (χ2n) is 6.65. The number of carbonyl (C=O) groups is 1. The number of benzene rings is 1. The minimum atomic E-state index is -0.538. The van der Waals surface area contributed by atoms with Gasteiger partial charge in [0.2, 0.25) is 0 Å². The zero-order valence-electron chi connectivity index (χ0n) is 16.5. The molecule has 0 saturated heterocycles. The number of halogens is 1. The summed E-state index contributed by atoms with van der Waals surface area (Å²) in [6.45, 7) is 0.650. The van der Waals surface area contributed by atoms with E-state index >= 15 is 0 Å². The Morgan fingerprint density at radius 1 is 1.19 bits per heavy atom. The number of fused-ring (bicyclic) bond motifs is 1. The molecule has 1 aromatic carbocycles. The minimum Gasteiger partial charge on any atom is -0.497 e. The normalized spacial score (nSPS) is 10.9. The van der Waals surface area contributed by atoms with Crippen LogP contribution in [0.1, 0.15) is 21.9 Å². The highest BCUT2D eigenvalue weighted by Crippen LogP contribution is 2.23. The van der Waals surface area contributed by atoms with Gasteiger partial charge in [-0.2, -0.15) is 0 Å². The van der Waals surface area contributed by atoms with Gasteiger partial charge in [0.1, 0.15) is 11.6 Å². The fourth-order valence-corrected chi connectivity index (χ4v) is 3.25. The van der Waals surface area contributed by atoms with Crippen LogP contribution in [0.5, 0.6) is 5.75 Å². The number of pyridine rings is 1. The van der Waals surface area contributed by atoms with Gasteiger partial charge in [-0.05, 0) is 23.8 Å². The van der Waals surface area contributed by atoms with Gasteiger partial charge in [-0.15, -0.1) is 0 Å². The van der Waals surface area contributed by atoms with E-state index in [0.29, 0.717) is 18.1 Å². The number of carbonyl (C=O) groups excluding carboxylic acids is 1. The maximum Gasteiger partial charge on any atom is 0.274 e. The Labute approximate surface area is 182 Å². The Kier molecular flexibility index (Phi) is 5.54. The lowest BCUT2D eigenvalue weighted by Gasteiger charge is -2.11. The second-order valence-corrected chi connectivity index (χ2v) is 7.00. The molecule has 0 spiro atoms. The number of hydrogen-bond donors (Lipinski definition) is 3. The molecule has 0 aliphatic carbocycles. The highest BCUT2D eigenvalue weighted by Gasteiger charge is 2.18. The quantitative estimate of drug-likeness (QED) is 0.414. The molecule has 0 bridgehead atoms. The van der Waals surface area contributed by atoms with Crippen molar-refractivity contribution in [2.75, 3.05) is 18.6 Å². The molecule has 10 nitrogen and oxygen atoms in total. The number of aromatic nitrogens is 5. The molecule has 31 heavy (non-hydrogen) atoms. The molecule has 0 unspecified atom stereocenters. The van der Waals surface area contributed by atoms with E-state index in [2.05, 4.69) is 25.3 Å². The first-order valence-electron chi connectivity index (χ1n) is 9.25. The van der Waals surface area contributed by atoms with Crippen molar-refractivity contribution >= 4 is 40.2 Å². The molecule has 0 saturated carbocycles. The number of nitrogens with two attached hydrogens (primary N) is 2. The molecule has 11 heteroatoms. The number of amides is 1. The number of rotatable bonds is 6. The van der Waals surface area contributed by atoms with Gasteiger partial charge in [0, 0.05) is 18.5 Å². The standard InChI is InChI=1S/C20H19ClN8O2/c1-31-12-4-5-14-13(7-12)26-15(29(14)10-11-3-2-6-24-8-11)9-25-20(30)16-18(22)28-19(23)17(21)27-16/h2-8H,9-10H2,1H3,(H,25,30)(H4,22,23,28). The monoisotopic (exact) mass is 438 g/mol. The highest BCUT2D eigenvalue weighted by atomic mass is 35.5. The van der Waals surface area contributed by atoms with Crippen molar-refractivity contribution in [2.24, 2.45) is 0 Å². The van der Waals surface area contributed by atoms with Crippen LogP contribution in [0.2, 0.25) is 5.15 Å². The molecule has 4 rings (SSSR count). The summed E-state index contributed by atoms with van der Waals surface area (Å²) >= 11 is 5.88. The van der Waals surface area contributed by atoms with E-state index in [1.54, 1.807) is 19.5 Å². The van der Waals surface area contributed by atoms with Crippen molar-refractivity contribution in [1.82, 2.24) is 29.8 Å². The average molecular weight is 439 g/mol. The van der Waals surface area contributed by atoms with Gasteiger partial charge in [0.25, 0.3) is 5.91 Å². The van der Waals surface area contributed by atoms with Crippen LogP contribution < -0.4 is 21.5 Å². The Hall–Kier alpha value is -3.92.